The van der Waals surface area contributed by atoms with E-state index < -0.39 is 0 Å². The molecule has 2 aromatic rings. The van der Waals surface area contributed by atoms with Crippen LogP contribution >= 0.6 is 0 Å². The van der Waals surface area contributed by atoms with E-state index in [4.69, 9.17) is 4.98 Å². The molecule has 21 heavy (non-hydrogen) atoms. The number of rotatable bonds is 4. The van der Waals surface area contributed by atoms with Crippen LogP contribution in [-0.2, 0) is 6.42 Å². The van der Waals surface area contributed by atoms with Crippen LogP contribution in [0.15, 0.2) is 42.6 Å². The smallest absolute Gasteiger partial charge is 0.0510 e. The van der Waals surface area contributed by atoms with Crippen molar-refractivity contribution in [3.63, 3.8) is 0 Å². The van der Waals surface area contributed by atoms with E-state index in [1.807, 2.05) is 6.20 Å². The lowest BCUT2D eigenvalue weighted by atomic mass is 9.79. The van der Waals surface area contributed by atoms with Crippen molar-refractivity contribution in [3.8, 4) is 0 Å². The fraction of sp³-hybridized carbons (Fsp3) is 0.421. The Balaban J connectivity index is 2.02. The van der Waals surface area contributed by atoms with Crippen LogP contribution in [-0.4, -0.2) is 11.5 Å². The van der Waals surface area contributed by atoms with Crippen LogP contribution in [0, 0.1) is 0 Å². The van der Waals surface area contributed by atoms with E-state index in [-0.39, 0.29) is 0 Å². The molecule has 0 bridgehead atoms. The number of fused-ring (bicyclic) bond motifs is 1. The van der Waals surface area contributed by atoms with Gasteiger partial charge in [-0.25, -0.2) is 0 Å². The minimum Gasteiger partial charge on any atom is -0.310 e. The van der Waals surface area contributed by atoms with E-state index in [2.05, 4.69) is 55.6 Å². The first-order valence-electron chi connectivity index (χ1n) is 8.07. The highest BCUT2D eigenvalue weighted by Crippen LogP contribution is 2.38. The second-order valence-electron chi connectivity index (χ2n) is 5.90. The van der Waals surface area contributed by atoms with Crippen LogP contribution in [0.1, 0.15) is 61.0 Å². The maximum absolute atomic E-state index is 4.70. The second-order valence-corrected chi connectivity index (χ2v) is 5.90. The molecule has 2 atom stereocenters. The average Bonchev–Trinajstić information content (AvgIpc) is 2.54. The van der Waals surface area contributed by atoms with E-state index in [1.165, 1.54) is 41.6 Å². The molecule has 110 valence electrons. The third-order valence-corrected chi connectivity index (χ3v) is 4.54. The number of benzene rings is 1. The zero-order chi connectivity index (χ0) is 14.7. The summed E-state index contributed by atoms with van der Waals surface area (Å²) in [5.41, 5.74) is 5.59. The molecule has 1 aliphatic carbocycles. The van der Waals surface area contributed by atoms with Crippen molar-refractivity contribution < 1.29 is 0 Å². The minimum absolute atomic E-state index is 0.389. The molecule has 1 aromatic heterocycles. The van der Waals surface area contributed by atoms with Crippen molar-refractivity contribution >= 4 is 0 Å². The molecule has 1 aliphatic rings. The molecule has 0 aliphatic heterocycles. The third kappa shape index (κ3) is 2.86. The number of aromatic nitrogens is 1. The first kappa shape index (κ1) is 14.3. The van der Waals surface area contributed by atoms with Crippen molar-refractivity contribution in [2.24, 2.45) is 0 Å². The van der Waals surface area contributed by atoms with E-state index >= 15 is 0 Å². The molecule has 0 spiro atoms. The Hall–Kier alpha value is -1.67. The van der Waals surface area contributed by atoms with Gasteiger partial charge in [0, 0.05) is 18.2 Å². The van der Waals surface area contributed by atoms with Gasteiger partial charge >= 0.3 is 0 Å². The molecular formula is C19H24N2. The molecule has 1 aromatic carbocycles. The molecular weight excluding hydrogens is 256 g/mol. The zero-order valence-electron chi connectivity index (χ0n) is 13.0. The maximum Gasteiger partial charge on any atom is 0.0510 e. The summed E-state index contributed by atoms with van der Waals surface area (Å²) < 4.78 is 0. The largest absolute Gasteiger partial charge is 0.310 e. The molecule has 1 N–H and O–H groups in total. The first-order valence-corrected chi connectivity index (χ1v) is 8.07. The molecule has 2 heteroatoms. The van der Waals surface area contributed by atoms with E-state index in [9.17, 15) is 0 Å². The van der Waals surface area contributed by atoms with Gasteiger partial charge in [-0.2, -0.15) is 0 Å². The predicted octanol–water partition coefficient (Wildman–Crippen LogP) is 4.22. The summed E-state index contributed by atoms with van der Waals surface area (Å²) >= 11 is 0. The number of pyridine rings is 1. The first-order chi connectivity index (χ1) is 10.3. The number of hydrogen-bond acceptors (Lipinski definition) is 2. The van der Waals surface area contributed by atoms with Gasteiger partial charge in [0.25, 0.3) is 0 Å². The number of hydrogen-bond donors (Lipinski definition) is 1. The lowest BCUT2D eigenvalue weighted by molar-refractivity contribution is 0.562. The predicted molar refractivity (Wildman–Crippen MR) is 87.6 cm³/mol. The molecule has 1 heterocycles. The zero-order valence-corrected chi connectivity index (χ0v) is 13.0. The summed E-state index contributed by atoms with van der Waals surface area (Å²) in [6, 6.07) is 13.6. The van der Waals surface area contributed by atoms with Gasteiger partial charge in [0.1, 0.15) is 0 Å². The van der Waals surface area contributed by atoms with Crippen LogP contribution in [0.2, 0.25) is 0 Å². The van der Waals surface area contributed by atoms with Gasteiger partial charge in [-0.1, -0.05) is 37.3 Å². The Kier molecular flexibility index (Phi) is 4.35. The molecule has 3 rings (SSSR count). The van der Waals surface area contributed by atoms with E-state index in [0.717, 1.165) is 6.54 Å². The van der Waals surface area contributed by atoms with Gasteiger partial charge in [0.05, 0.1) is 5.69 Å². The minimum atomic E-state index is 0.389. The summed E-state index contributed by atoms with van der Waals surface area (Å²) in [5, 5.41) is 3.54. The van der Waals surface area contributed by atoms with Crippen molar-refractivity contribution in [3.05, 3.63) is 65.0 Å². The Bertz CT molecular complexity index is 606. The SMILES string of the molecule is CCNC(C)c1ccccc1C1CCCc2cccnc21. The van der Waals surface area contributed by atoms with Crippen molar-refractivity contribution in [1.29, 1.82) is 0 Å². The number of nitrogens with one attached hydrogen (secondary N) is 1. The highest BCUT2D eigenvalue weighted by Gasteiger charge is 2.25. The fourth-order valence-electron chi connectivity index (χ4n) is 3.55. The standard InChI is InChI=1S/C19H24N2/c1-3-20-14(2)16-10-4-5-11-17(16)18-12-6-8-15-9-7-13-21-19(15)18/h4-5,7,9-11,13-14,18,20H,3,6,8,12H2,1-2H3. The Morgan fingerprint density at radius 3 is 2.95 bits per heavy atom. The highest BCUT2D eigenvalue weighted by atomic mass is 14.9. The number of aryl methyl sites for hydroxylation is 1. The second kappa shape index (κ2) is 6.40. The van der Waals surface area contributed by atoms with Crippen LogP contribution in [0.4, 0.5) is 0 Å². The normalized spacial score (nSPS) is 19.0. The van der Waals surface area contributed by atoms with Crippen molar-refractivity contribution in [1.82, 2.24) is 10.3 Å². The van der Waals surface area contributed by atoms with Gasteiger partial charge in [-0.15, -0.1) is 0 Å². The Labute approximate surface area is 127 Å². The molecule has 2 unspecified atom stereocenters. The van der Waals surface area contributed by atoms with E-state index in [1.54, 1.807) is 0 Å². The van der Waals surface area contributed by atoms with E-state index in [0.29, 0.717) is 12.0 Å². The molecule has 0 saturated heterocycles. The molecule has 0 radical (unpaired) electrons. The summed E-state index contributed by atoms with van der Waals surface area (Å²) in [6.07, 6.45) is 5.57. The summed E-state index contributed by atoms with van der Waals surface area (Å²) in [4.78, 5) is 4.70. The van der Waals surface area contributed by atoms with Crippen molar-refractivity contribution in [2.45, 2.75) is 45.1 Å². The lowest BCUT2D eigenvalue weighted by Crippen LogP contribution is -2.21. The van der Waals surface area contributed by atoms with Gasteiger partial charge in [-0.05, 0) is 55.5 Å². The summed E-state index contributed by atoms with van der Waals surface area (Å²) in [6.45, 7) is 5.41. The Morgan fingerprint density at radius 2 is 2.10 bits per heavy atom. The van der Waals surface area contributed by atoms with Gasteiger partial charge in [0.2, 0.25) is 0 Å². The quantitative estimate of drug-likeness (QED) is 0.907. The number of nitrogens with zero attached hydrogens (tertiary/aromatic N) is 1. The topological polar surface area (TPSA) is 24.9 Å². The third-order valence-electron chi connectivity index (χ3n) is 4.54. The Morgan fingerprint density at radius 1 is 1.24 bits per heavy atom. The van der Waals surface area contributed by atoms with Crippen LogP contribution < -0.4 is 5.32 Å². The van der Waals surface area contributed by atoms with Crippen LogP contribution in [0.3, 0.4) is 0 Å². The van der Waals surface area contributed by atoms with Crippen LogP contribution in [0.25, 0.3) is 0 Å². The lowest BCUT2D eigenvalue weighted by Gasteiger charge is -2.28. The van der Waals surface area contributed by atoms with Crippen molar-refractivity contribution in [2.75, 3.05) is 6.54 Å². The fourth-order valence-corrected chi connectivity index (χ4v) is 3.55. The van der Waals surface area contributed by atoms with Crippen LogP contribution in [0.5, 0.6) is 0 Å². The average molecular weight is 280 g/mol. The molecule has 2 nitrogen and oxygen atoms in total. The summed E-state index contributed by atoms with van der Waals surface area (Å²) in [5.74, 6) is 0.451. The van der Waals surface area contributed by atoms with Gasteiger partial charge in [-0.3, -0.25) is 4.98 Å². The monoisotopic (exact) mass is 280 g/mol. The highest BCUT2D eigenvalue weighted by molar-refractivity contribution is 5.41. The molecule has 0 amide bonds. The molecule has 0 fully saturated rings. The summed E-state index contributed by atoms with van der Waals surface area (Å²) in [7, 11) is 0. The van der Waals surface area contributed by atoms with Gasteiger partial charge < -0.3 is 5.32 Å². The maximum atomic E-state index is 4.70. The van der Waals surface area contributed by atoms with Gasteiger partial charge in [0.15, 0.2) is 0 Å². The molecule has 0 saturated carbocycles.